The summed E-state index contributed by atoms with van der Waals surface area (Å²) in [6.45, 7) is 13.9. The maximum Gasteiger partial charge on any atom is 0.00878 e. The van der Waals surface area contributed by atoms with Gasteiger partial charge in [0.2, 0.25) is 0 Å². The minimum Gasteiger partial charge on any atom is -0.573 e. The summed E-state index contributed by atoms with van der Waals surface area (Å²) < 4.78 is 4.82. The van der Waals surface area contributed by atoms with E-state index in [-0.39, 0.29) is 17.1 Å². The Kier molecular flexibility index (Phi) is 26.8. The number of ether oxygens (including phenoxy) is 1. The van der Waals surface area contributed by atoms with Crippen LogP contribution in [0.15, 0.2) is 0 Å². The second-order valence-electron chi connectivity index (χ2n) is 2.64. The minimum atomic E-state index is 0. The molecule has 1 heterocycles. The zero-order valence-electron chi connectivity index (χ0n) is 9.11. The molecule has 0 aromatic heterocycles. The van der Waals surface area contributed by atoms with Gasteiger partial charge in [-0.3, -0.25) is 0 Å². The van der Waals surface area contributed by atoms with Gasteiger partial charge in [0, 0.05) is 23.7 Å². The third-order valence-electron chi connectivity index (χ3n) is 1.53. The molecule has 0 N–H and O–H groups in total. The van der Waals surface area contributed by atoms with Crippen LogP contribution in [-0.4, -0.2) is 20.2 Å². The molecule has 1 saturated carbocycles. The van der Waals surface area contributed by atoms with E-state index in [9.17, 15) is 0 Å². The predicted molar refractivity (Wildman–Crippen MR) is 57.0 cm³/mol. The Morgan fingerprint density at radius 2 is 1.69 bits per heavy atom. The molecule has 7 radical (unpaired) electrons. The summed E-state index contributed by atoms with van der Waals surface area (Å²) in [5.74, 6) is 1.34. The Hall–Kier alpha value is -0.181. The Labute approximate surface area is 110 Å². The molecule has 1 saturated heterocycles. The van der Waals surface area contributed by atoms with Crippen molar-refractivity contribution < 1.29 is 31.4 Å². The van der Waals surface area contributed by atoms with E-state index in [4.69, 9.17) is 14.3 Å². The molecule has 0 amide bonds. The van der Waals surface area contributed by atoms with Crippen LogP contribution in [0.5, 0.6) is 0 Å². The van der Waals surface area contributed by atoms with E-state index < -0.39 is 0 Å². The van der Waals surface area contributed by atoms with Gasteiger partial charge in [-0.05, 0) is 0 Å². The van der Waals surface area contributed by atoms with Crippen LogP contribution in [0.25, 0.3) is 0 Å². The molecule has 3 nitrogen and oxygen atoms in total. The van der Waals surface area contributed by atoms with Crippen molar-refractivity contribution in [2.75, 3.05) is 6.61 Å². The van der Waals surface area contributed by atoms with Crippen molar-refractivity contribution in [2.45, 2.75) is 19.8 Å². The molecule has 0 spiro atoms. The summed E-state index contributed by atoms with van der Waals surface area (Å²) in [5.41, 5.74) is 0. The fourth-order valence-electron chi connectivity index (χ4n) is 0.887. The number of hydrogen-bond acceptors (Lipinski definition) is 3. The van der Waals surface area contributed by atoms with Crippen LogP contribution in [0.1, 0.15) is 19.8 Å². The molecule has 0 atom stereocenters. The normalized spacial score (nSPS) is 17.6. The van der Waals surface area contributed by atoms with Gasteiger partial charge in [-0.15, -0.1) is 0 Å². The Morgan fingerprint density at radius 3 is 1.81 bits per heavy atom. The fraction of sp³-hybridized carbons (Fsp3) is 0.333. The quantitative estimate of drug-likeness (QED) is 0.491. The van der Waals surface area contributed by atoms with Gasteiger partial charge in [-0.1, -0.05) is 19.3 Å². The van der Waals surface area contributed by atoms with Crippen LogP contribution in [0, 0.1) is 38.2 Å². The van der Waals surface area contributed by atoms with Gasteiger partial charge in [-0.25, -0.2) is 6.61 Å². The van der Waals surface area contributed by atoms with Crippen LogP contribution in [0.2, 0.25) is 0 Å². The average molecular weight is 261 g/mol. The van der Waals surface area contributed by atoms with Gasteiger partial charge in [-0.2, -0.15) is 26.2 Å². The van der Waals surface area contributed by atoms with E-state index in [0.29, 0.717) is 0 Å². The third-order valence-corrected chi connectivity index (χ3v) is 1.53. The van der Waals surface area contributed by atoms with E-state index in [2.05, 4.69) is 33.3 Å². The van der Waals surface area contributed by atoms with E-state index in [1.807, 2.05) is 19.4 Å². The largest absolute Gasteiger partial charge is 0.573 e. The van der Waals surface area contributed by atoms with Crippen LogP contribution in [-0.2, 0) is 31.4 Å². The van der Waals surface area contributed by atoms with E-state index in [0.717, 1.165) is 13.0 Å². The van der Waals surface area contributed by atoms with Crippen molar-refractivity contribution in [1.82, 2.24) is 0 Å². The van der Waals surface area contributed by atoms with E-state index in [1.54, 1.807) is 0 Å². The molecule has 0 bridgehead atoms. The topological polar surface area (TPSA) is 43.4 Å². The van der Waals surface area contributed by atoms with Gasteiger partial charge < -0.3 is 33.8 Å². The summed E-state index contributed by atoms with van der Waals surface area (Å²) in [6, 6.07) is 0. The first-order valence-corrected chi connectivity index (χ1v) is 4.42. The molecule has 0 aromatic rings. The van der Waals surface area contributed by atoms with Crippen LogP contribution in [0.4, 0.5) is 0 Å². The number of hydrogen-bond donors (Lipinski definition) is 0. The molecular formula is C12H14MnO3-4. The zero-order valence-corrected chi connectivity index (χ0v) is 10.3. The second kappa shape index (κ2) is 20.3. The molecule has 0 unspecified atom stereocenters. The first kappa shape index (κ1) is 21.1. The summed E-state index contributed by atoms with van der Waals surface area (Å²) in [7, 11) is 0. The molecule has 0 aromatic carbocycles. The standard InChI is InChI=1S/C6H7.C4H7O.2CO.Mn/c1-6-4-2-3-5-6;1-2-4-5-3-1;2*1-2;/h2-5H,1H3;3H,1-2,4H2;;;/q4*-1;. The van der Waals surface area contributed by atoms with Crippen LogP contribution in [0.3, 0.4) is 0 Å². The molecule has 91 valence electrons. The smallest absolute Gasteiger partial charge is 0.00878 e. The van der Waals surface area contributed by atoms with Gasteiger partial charge in [0.05, 0.1) is 0 Å². The van der Waals surface area contributed by atoms with Crippen molar-refractivity contribution in [2.24, 2.45) is 0 Å². The molecular weight excluding hydrogens is 247 g/mol. The molecule has 2 rings (SSSR count). The predicted octanol–water partition coefficient (Wildman–Crippen LogP) is 1.57. The summed E-state index contributed by atoms with van der Waals surface area (Å²) in [4.78, 5) is 15.0. The van der Waals surface area contributed by atoms with Crippen molar-refractivity contribution in [3.8, 4) is 0 Å². The maximum atomic E-state index is 7.50. The van der Waals surface area contributed by atoms with E-state index >= 15 is 0 Å². The Morgan fingerprint density at radius 1 is 1.19 bits per heavy atom. The first-order chi connectivity index (χ1) is 7.39. The maximum absolute atomic E-state index is 7.50. The van der Waals surface area contributed by atoms with Crippen molar-refractivity contribution in [3.63, 3.8) is 0 Å². The molecule has 1 aliphatic carbocycles. The van der Waals surface area contributed by atoms with Crippen molar-refractivity contribution in [1.29, 1.82) is 0 Å². The zero-order chi connectivity index (χ0) is 11.9. The van der Waals surface area contributed by atoms with Crippen LogP contribution < -0.4 is 0 Å². The Bertz CT molecular complexity index is 103. The Balaban J connectivity index is -0.000000156. The minimum absolute atomic E-state index is 0. The first-order valence-electron chi connectivity index (χ1n) is 4.42. The molecule has 1 aliphatic heterocycles. The number of rotatable bonds is 0. The summed E-state index contributed by atoms with van der Waals surface area (Å²) in [5, 5.41) is 0. The number of carbonyl (C=O) groups excluding carboxylic acids is 2. The average Bonchev–Trinajstić information content (AvgIpc) is 2.98. The van der Waals surface area contributed by atoms with Crippen molar-refractivity contribution >= 4 is 13.6 Å². The van der Waals surface area contributed by atoms with Gasteiger partial charge in [0.1, 0.15) is 0 Å². The SMILES string of the molecule is C[C-]1[CH][CH][CH][CH]1.[C-]=O.[C-]=O.[CH-]1CCCO1.[Mn]. The fourth-order valence-corrected chi connectivity index (χ4v) is 0.887. The molecule has 4 heteroatoms. The summed E-state index contributed by atoms with van der Waals surface area (Å²) >= 11 is 0. The molecule has 2 fully saturated rings. The molecule has 16 heavy (non-hydrogen) atoms. The van der Waals surface area contributed by atoms with Crippen LogP contribution >= 0.6 is 0 Å². The van der Waals surface area contributed by atoms with Gasteiger partial charge >= 0.3 is 0 Å². The summed E-state index contributed by atoms with van der Waals surface area (Å²) in [6.07, 6.45) is 10.6. The monoisotopic (exact) mass is 261 g/mol. The van der Waals surface area contributed by atoms with Gasteiger partial charge in [0.25, 0.3) is 0 Å². The molecule has 2 aliphatic rings. The second-order valence-corrected chi connectivity index (χ2v) is 2.64. The van der Waals surface area contributed by atoms with Gasteiger partial charge in [0.15, 0.2) is 0 Å². The third kappa shape index (κ3) is 16.3. The van der Waals surface area contributed by atoms with E-state index in [1.165, 1.54) is 12.3 Å². The van der Waals surface area contributed by atoms with Crippen molar-refractivity contribution in [3.05, 3.63) is 38.2 Å².